The van der Waals surface area contributed by atoms with Crippen LogP contribution in [0.25, 0.3) is 0 Å². The standard InChI is InChI=1S/C20H24N2O4/c1-18(2)19(3,14-6-10-16(24-4)11-7-14)21-22-20(18,26-23)15-8-12-17(25-5)13-9-15/h6-13,23H,1-5H3/t19-,20+/m1/s1. The van der Waals surface area contributed by atoms with Crippen molar-refractivity contribution in [2.75, 3.05) is 14.2 Å². The monoisotopic (exact) mass is 356 g/mol. The van der Waals surface area contributed by atoms with Gasteiger partial charge < -0.3 is 9.47 Å². The maximum atomic E-state index is 9.89. The van der Waals surface area contributed by atoms with Crippen LogP contribution in [0.4, 0.5) is 0 Å². The number of methoxy groups -OCH3 is 2. The SMILES string of the molecule is COc1ccc([C@@]2(OO)N=N[C@](C)(c3ccc(OC)cc3)C2(C)C)cc1. The predicted molar refractivity (Wildman–Crippen MR) is 97.4 cm³/mol. The molecule has 0 aliphatic carbocycles. The molecular formula is C20H24N2O4. The second-order valence-corrected chi connectivity index (χ2v) is 7.09. The summed E-state index contributed by atoms with van der Waals surface area (Å²) in [4.78, 5) is 5.01. The van der Waals surface area contributed by atoms with Crippen LogP contribution in [0.3, 0.4) is 0 Å². The largest absolute Gasteiger partial charge is 0.497 e. The maximum Gasteiger partial charge on any atom is 0.244 e. The molecule has 1 N–H and O–H groups in total. The number of ether oxygens (including phenoxy) is 2. The van der Waals surface area contributed by atoms with Crippen LogP contribution in [-0.2, 0) is 16.2 Å². The van der Waals surface area contributed by atoms with Crippen LogP contribution in [0.1, 0.15) is 31.9 Å². The third kappa shape index (κ3) is 2.40. The van der Waals surface area contributed by atoms with E-state index >= 15 is 0 Å². The lowest BCUT2D eigenvalue weighted by molar-refractivity contribution is -0.356. The van der Waals surface area contributed by atoms with Crippen LogP contribution < -0.4 is 9.47 Å². The van der Waals surface area contributed by atoms with Crippen LogP contribution in [-0.4, -0.2) is 19.5 Å². The van der Waals surface area contributed by atoms with E-state index in [2.05, 4.69) is 10.2 Å². The van der Waals surface area contributed by atoms with Gasteiger partial charge in [0.25, 0.3) is 0 Å². The molecule has 0 aromatic heterocycles. The molecular weight excluding hydrogens is 332 g/mol. The number of nitrogens with zero attached hydrogens (tertiary/aromatic N) is 2. The summed E-state index contributed by atoms with van der Waals surface area (Å²) < 4.78 is 10.5. The Balaban J connectivity index is 2.08. The highest BCUT2D eigenvalue weighted by atomic mass is 17.1. The minimum Gasteiger partial charge on any atom is -0.497 e. The molecule has 1 heterocycles. The minimum absolute atomic E-state index is 0.683. The first-order chi connectivity index (χ1) is 12.3. The summed E-state index contributed by atoms with van der Waals surface area (Å²) in [7, 11) is 3.23. The molecule has 0 radical (unpaired) electrons. The molecule has 0 bridgehead atoms. The van der Waals surface area contributed by atoms with Crippen LogP contribution in [0.2, 0.25) is 0 Å². The highest BCUT2D eigenvalue weighted by Gasteiger charge is 2.64. The number of hydrogen-bond acceptors (Lipinski definition) is 6. The fraction of sp³-hybridized carbons (Fsp3) is 0.400. The average Bonchev–Trinajstić information content (AvgIpc) is 2.89. The van der Waals surface area contributed by atoms with Crippen LogP contribution in [0.5, 0.6) is 11.5 Å². The summed E-state index contributed by atoms with van der Waals surface area (Å²) in [6.45, 7) is 5.96. The smallest absolute Gasteiger partial charge is 0.244 e. The van der Waals surface area contributed by atoms with Crippen molar-refractivity contribution in [3.63, 3.8) is 0 Å². The molecule has 1 aliphatic rings. The van der Waals surface area contributed by atoms with Crippen molar-refractivity contribution in [1.29, 1.82) is 0 Å². The van der Waals surface area contributed by atoms with E-state index in [4.69, 9.17) is 14.4 Å². The Morgan fingerprint density at radius 1 is 0.731 bits per heavy atom. The molecule has 0 fully saturated rings. The third-order valence-electron chi connectivity index (χ3n) is 5.72. The van der Waals surface area contributed by atoms with Gasteiger partial charge in [0.05, 0.1) is 19.6 Å². The molecule has 6 nitrogen and oxygen atoms in total. The first-order valence-electron chi connectivity index (χ1n) is 8.40. The zero-order valence-corrected chi connectivity index (χ0v) is 15.7. The second-order valence-electron chi connectivity index (χ2n) is 7.09. The van der Waals surface area contributed by atoms with E-state index in [1.807, 2.05) is 69.3 Å². The van der Waals surface area contributed by atoms with E-state index in [0.29, 0.717) is 11.3 Å². The number of azo groups is 1. The molecule has 6 heteroatoms. The van der Waals surface area contributed by atoms with Crippen LogP contribution >= 0.6 is 0 Å². The zero-order chi connectivity index (χ0) is 19.0. The van der Waals surface area contributed by atoms with Gasteiger partial charge in [-0.1, -0.05) is 38.1 Å². The second kappa shape index (κ2) is 6.37. The lowest BCUT2D eigenvalue weighted by Gasteiger charge is -2.43. The molecule has 2 aromatic rings. The molecule has 2 aromatic carbocycles. The molecule has 26 heavy (non-hydrogen) atoms. The first kappa shape index (κ1) is 18.4. The summed E-state index contributed by atoms with van der Waals surface area (Å²) in [6, 6.07) is 15.0. The van der Waals surface area contributed by atoms with E-state index in [9.17, 15) is 5.26 Å². The number of benzene rings is 2. The Kier molecular flexibility index (Phi) is 4.50. The number of rotatable bonds is 5. The van der Waals surface area contributed by atoms with Gasteiger partial charge >= 0.3 is 0 Å². The van der Waals surface area contributed by atoms with Crippen molar-refractivity contribution in [2.45, 2.75) is 32.0 Å². The maximum absolute atomic E-state index is 9.89. The quantitative estimate of drug-likeness (QED) is 0.619. The van der Waals surface area contributed by atoms with Crippen molar-refractivity contribution in [1.82, 2.24) is 0 Å². The van der Waals surface area contributed by atoms with Gasteiger partial charge in [0.15, 0.2) is 0 Å². The van der Waals surface area contributed by atoms with Crippen molar-refractivity contribution in [2.24, 2.45) is 15.6 Å². The van der Waals surface area contributed by atoms with Gasteiger partial charge in [0, 0.05) is 5.56 Å². The van der Waals surface area contributed by atoms with Gasteiger partial charge in [-0.15, -0.1) is 5.11 Å². The Hall–Kier alpha value is -2.44. The van der Waals surface area contributed by atoms with Crippen molar-refractivity contribution < 1.29 is 19.6 Å². The van der Waals surface area contributed by atoms with Gasteiger partial charge in [-0.05, 0) is 36.8 Å². The van der Waals surface area contributed by atoms with Crippen LogP contribution in [0.15, 0.2) is 58.8 Å². The van der Waals surface area contributed by atoms with Gasteiger partial charge in [-0.2, -0.15) is 5.11 Å². The number of hydrogen-bond donors (Lipinski definition) is 1. The molecule has 2 atom stereocenters. The molecule has 0 amide bonds. The van der Waals surface area contributed by atoms with Gasteiger partial charge in [-0.3, -0.25) is 0 Å². The lowest BCUT2D eigenvalue weighted by Crippen LogP contribution is -2.49. The Bertz CT molecular complexity index is 802. The Morgan fingerprint density at radius 3 is 1.62 bits per heavy atom. The zero-order valence-electron chi connectivity index (χ0n) is 15.7. The third-order valence-corrected chi connectivity index (χ3v) is 5.72. The van der Waals surface area contributed by atoms with Crippen LogP contribution in [0, 0.1) is 5.41 Å². The highest BCUT2D eigenvalue weighted by molar-refractivity contribution is 5.39. The topological polar surface area (TPSA) is 72.6 Å². The van der Waals surface area contributed by atoms with E-state index in [-0.39, 0.29) is 0 Å². The highest BCUT2D eigenvalue weighted by Crippen LogP contribution is 2.60. The molecule has 3 rings (SSSR count). The summed E-state index contributed by atoms with van der Waals surface area (Å²) in [5.74, 6) is 1.48. The normalized spacial score (nSPS) is 26.7. The van der Waals surface area contributed by atoms with Crippen molar-refractivity contribution in [3.8, 4) is 11.5 Å². The summed E-state index contributed by atoms with van der Waals surface area (Å²) in [5.41, 5.74) is -1.06. The summed E-state index contributed by atoms with van der Waals surface area (Å²) in [5, 5.41) is 18.9. The fourth-order valence-corrected chi connectivity index (χ4v) is 3.51. The lowest BCUT2D eigenvalue weighted by atomic mass is 9.63. The van der Waals surface area contributed by atoms with E-state index in [1.54, 1.807) is 14.2 Å². The fourth-order valence-electron chi connectivity index (χ4n) is 3.51. The van der Waals surface area contributed by atoms with Crippen molar-refractivity contribution in [3.05, 3.63) is 59.7 Å². The van der Waals surface area contributed by atoms with E-state index in [0.717, 1.165) is 11.3 Å². The molecule has 0 unspecified atom stereocenters. The van der Waals surface area contributed by atoms with E-state index in [1.165, 1.54) is 0 Å². The average molecular weight is 356 g/mol. The molecule has 1 aliphatic heterocycles. The Labute approximate surface area is 153 Å². The summed E-state index contributed by atoms with van der Waals surface area (Å²) >= 11 is 0. The molecule has 0 saturated heterocycles. The summed E-state index contributed by atoms with van der Waals surface area (Å²) in [6.07, 6.45) is 0. The minimum atomic E-state index is -1.33. The molecule has 0 spiro atoms. The predicted octanol–water partition coefficient (Wildman–Crippen LogP) is 4.75. The van der Waals surface area contributed by atoms with E-state index < -0.39 is 16.7 Å². The van der Waals surface area contributed by atoms with Gasteiger partial charge in [0.2, 0.25) is 5.72 Å². The van der Waals surface area contributed by atoms with Gasteiger partial charge in [0.1, 0.15) is 17.0 Å². The first-order valence-corrected chi connectivity index (χ1v) is 8.40. The van der Waals surface area contributed by atoms with Gasteiger partial charge in [-0.25, -0.2) is 10.1 Å². The van der Waals surface area contributed by atoms with Crippen molar-refractivity contribution >= 4 is 0 Å². The Morgan fingerprint density at radius 2 is 1.19 bits per heavy atom. The molecule has 0 saturated carbocycles. The molecule has 138 valence electrons.